The Morgan fingerprint density at radius 2 is 2.08 bits per heavy atom. The highest BCUT2D eigenvalue weighted by Gasteiger charge is 2.32. The van der Waals surface area contributed by atoms with E-state index >= 15 is 0 Å². The lowest BCUT2D eigenvalue weighted by atomic mass is 10.2. The summed E-state index contributed by atoms with van der Waals surface area (Å²) in [6, 6.07) is 5.56. The number of fused-ring (bicyclic) bond motifs is 1. The monoisotopic (exact) mass is 185 g/mol. The first-order chi connectivity index (χ1) is 6.20. The van der Waals surface area contributed by atoms with Gasteiger partial charge in [-0.2, -0.15) is 9.51 Å². The molecule has 13 heavy (non-hydrogen) atoms. The molecule has 4 heteroatoms. The zero-order valence-corrected chi connectivity index (χ0v) is 7.08. The van der Waals surface area contributed by atoms with Crippen LogP contribution in [-0.4, -0.2) is 12.4 Å². The van der Waals surface area contributed by atoms with Crippen LogP contribution in [0, 0.1) is 0 Å². The van der Waals surface area contributed by atoms with Crippen molar-refractivity contribution in [3.63, 3.8) is 0 Å². The fourth-order valence-corrected chi connectivity index (χ4v) is 1.28. The van der Waals surface area contributed by atoms with Crippen LogP contribution in [0.15, 0.2) is 24.3 Å². The third kappa shape index (κ3) is 1.22. The van der Waals surface area contributed by atoms with Crippen LogP contribution in [0.1, 0.15) is 6.92 Å². The number of alkyl halides is 1. The van der Waals surface area contributed by atoms with Crippen LogP contribution in [0.4, 0.5) is 14.6 Å². The van der Waals surface area contributed by atoms with Gasteiger partial charge in [0.05, 0.1) is 0 Å². The van der Waals surface area contributed by atoms with E-state index in [0.717, 1.165) is 0 Å². The largest absolute Gasteiger partial charge is 0.456 e. The Morgan fingerprint density at radius 1 is 1.38 bits per heavy atom. The van der Waals surface area contributed by atoms with Gasteiger partial charge in [-0.3, -0.25) is 0 Å². The Hall–Kier alpha value is -1.32. The molecule has 2 atom stereocenters. The van der Waals surface area contributed by atoms with E-state index in [1.807, 2.05) is 0 Å². The van der Waals surface area contributed by atoms with E-state index < -0.39 is 12.4 Å². The van der Waals surface area contributed by atoms with Crippen LogP contribution >= 0.6 is 0 Å². The number of hydrogen-bond donors (Lipinski definition) is 0. The highest BCUT2D eigenvalue weighted by atomic mass is 19.2. The van der Waals surface area contributed by atoms with Crippen molar-refractivity contribution in [1.82, 2.24) is 0 Å². The molecule has 0 saturated carbocycles. The van der Waals surface area contributed by atoms with Crippen molar-refractivity contribution in [2.45, 2.75) is 19.3 Å². The molecule has 1 heterocycles. The molecule has 1 aromatic carbocycles. The number of ether oxygens (including phenoxy) is 1. The van der Waals surface area contributed by atoms with Crippen molar-refractivity contribution in [3.8, 4) is 5.75 Å². The summed E-state index contributed by atoms with van der Waals surface area (Å²) in [5.41, 5.74) is 0.281. The summed E-state index contributed by atoms with van der Waals surface area (Å²) < 4.78 is 31.2. The summed E-state index contributed by atoms with van der Waals surface area (Å²) in [5, 5.41) is 0.392. The van der Waals surface area contributed by atoms with Gasteiger partial charge in [-0.15, -0.1) is 0 Å². The molecule has 0 aliphatic carbocycles. The Bertz CT molecular complexity index is 318. The molecular formula is C9H9F2NO. The smallest absolute Gasteiger partial charge is 0.261 e. The Morgan fingerprint density at radius 3 is 2.85 bits per heavy atom. The number of para-hydroxylation sites is 2. The lowest BCUT2D eigenvalue weighted by Gasteiger charge is -2.31. The van der Waals surface area contributed by atoms with E-state index in [1.165, 1.54) is 6.92 Å². The number of nitrogens with zero attached hydrogens (tertiary/aromatic N) is 1. The van der Waals surface area contributed by atoms with E-state index in [9.17, 15) is 8.87 Å². The molecule has 0 amide bonds. The molecule has 0 radical (unpaired) electrons. The molecule has 0 aromatic heterocycles. The van der Waals surface area contributed by atoms with E-state index in [-0.39, 0.29) is 11.4 Å². The third-order valence-electron chi connectivity index (χ3n) is 2.07. The second kappa shape index (κ2) is 2.87. The molecule has 0 saturated heterocycles. The second-order valence-corrected chi connectivity index (χ2v) is 2.99. The summed E-state index contributed by atoms with van der Waals surface area (Å²) in [4.78, 5) is 0. The first kappa shape index (κ1) is 8.29. The minimum absolute atomic E-state index is 0.246. The van der Waals surface area contributed by atoms with E-state index in [2.05, 4.69) is 0 Å². The zero-order chi connectivity index (χ0) is 9.42. The number of anilines is 1. The van der Waals surface area contributed by atoms with Gasteiger partial charge in [0.25, 0.3) is 6.36 Å². The second-order valence-electron chi connectivity index (χ2n) is 2.99. The summed E-state index contributed by atoms with van der Waals surface area (Å²) >= 11 is 0. The normalized spacial score (nSPS) is 26.5. The van der Waals surface area contributed by atoms with Crippen LogP contribution in [0.2, 0.25) is 0 Å². The van der Waals surface area contributed by atoms with Crippen molar-refractivity contribution < 1.29 is 13.6 Å². The first-order valence-corrected chi connectivity index (χ1v) is 4.05. The zero-order valence-electron chi connectivity index (χ0n) is 7.08. The van der Waals surface area contributed by atoms with Gasteiger partial charge in [-0.25, -0.2) is 0 Å². The van der Waals surface area contributed by atoms with Crippen molar-refractivity contribution in [1.29, 1.82) is 0 Å². The Kier molecular flexibility index (Phi) is 1.83. The maximum absolute atomic E-state index is 13.3. The SMILES string of the molecule is CC1C(F)Oc2ccccc2N1F. The summed E-state index contributed by atoms with van der Waals surface area (Å²) in [7, 11) is 0. The molecule has 2 nitrogen and oxygen atoms in total. The van der Waals surface area contributed by atoms with Gasteiger partial charge in [-0.1, -0.05) is 16.6 Å². The molecule has 1 aromatic rings. The number of halogens is 2. The highest BCUT2D eigenvalue weighted by Crippen LogP contribution is 2.36. The minimum Gasteiger partial charge on any atom is -0.456 e. The number of hydrogen-bond acceptors (Lipinski definition) is 2. The van der Waals surface area contributed by atoms with E-state index in [0.29, 0.717) is 5.12 Å². The molecule has 1 aliphatic rings. The van der Waals surface area contributed by atoms with Gasteiger partial charge < -0.3 is 4.74 Å². The number of rotatable bonds is 0. The van der Waals surface area contributed by atoms with Crippen molar-refractivity contribution in [2.24, 2.45) is 0 Å². The van der Waals surface area contributed by atoms with Crippen LogP contribution in [0.3, 0.4) is 0 Å². The predicted octanol–water partition coefficient (Wildman–Crippen LogP) is 2.45. The van der Waals surface area contributed by atoms with Crippen LogP contribution in [0.5, 0.6) is 5.75 Å². The summed E-state index contributed by atoms with van der Waals surface area (Å²) in [6.45, 7) is 1.43. The van der Waals surface area contributed by atoms with Crippen molar-refractivity contribution >= 4 is 5.69 Å². The topological polar surface area (TPSA) is 12.5 Å². The Labute approximate surface area is 74.7 Å². The van der Waals surface area contributed by atoms with E-state index in [1.54, 1.807) is 24.3 Å². The van der Waals surface area contributed by atoms with Gasteiger partial charge >= 0.3 is 0 Å². The molecule has 0 fully saturated rings. The Balaban J connectivity index is 2.43. The van der Waals surface area contributed by atoms with Crippen LogP contribution < -0.4 is 9.86 Å². The van der Waals surface area contributed by atoms with Gasteiger partial charge in [0.15, 0.2) is 0 Å². The molecule has 0 spiro atoms. The molecule has 1 aliphatic heterocycles. The standard InChI is InChI=1S/C9H9F2NO/c1-6-9(10)13-8-5-3-2-4-7(8)12(6)11/h2-6,9H,1H3. The lowest BCUT2D eigenvalue weighted by molar-refractivity contribution is 0.0197. The average Bonchev–Trinajstić information content (AvgIpc) is 2.15. The summed E-state index contributed by atoms with van der Waals surface area (Å²) in [6.07, 6.45) is -1.61. The van der Waals surface area contributed by atoms with E-state index in [4.69, 9.17) is 4.74 Å². The third-order valence-corrected chi connectivity index (χ3v) is 2.07. The fourth-order valence-electron chi connectivity index (χ4n) is 1.28. The van der Waals surface area contributed by atoms with Gasteiger partial charge in [0, 0.05) is 0 Å². The first-order valence-electron chi connectivity index (χ1n) is 4.05. The fraction of sp³-hybridized carbons (Fsp3) is 0.333. The number of benzene rings is 1. The molecule has 2 rings (SSSR count). The van der Waals surface area contributed by atoms with Crippen molar-refractivity contribution in [2.75, 3.05) is 5.12 Å². The van der Waals surface area contributed by atoms with Crippen LogP contribution in [0.25, 0.3) is 0 Å². The van der Waals surface area contributed by atoms with Crippen LogP contribution in [-0.2, 0) is 0 Å². The molecule has 0 N–H and O–H groups in total. The van der Waals surface area contributed by atoms with Gasteiger partial charge in [-0.05, 0) is 19.1 Å². The molecular weight excluding hydrogens is 176 g/mol. The maximum Gasteiger partial charge on any atom is 0.261 e. The molecule has 0 bridgehead atoms. The quantitative estimate of drug-likeness (QED) is 0.575. The van der Waals surface area contributed by atoms with Crippen molar-refractivity contribution in [3.05, 3.63) is 24.3 Å². The van der Waals surface area contributed by atoms with Gasteiger partial charge in [0.2, 0.25) is 0 Å². The van der Waals surface area contributed by atoms with Gasteiger partial charge in [0.1, 0.15) is 17.5 Å². The predicted molar refractivity (Wildman–Crippen MR) is 45.0 cm³/mol. The highest BCUT2D eigenvalue weighted by molar-refractivity contribution is 5.58. The molecule has 70 valence electrons. The molecule has 2 unspecified atom stereocenters. The lowest BCUT2D eigenvalue weighted by Crippen LogP contribution is -2.41. The maximum atomic E-state index is 13.3. The minimum atomic E-state index is -1.61. The average molecular weight is 185 g/mol. The summed E-state index contributed by atoms with van der Waals surface area (Å²) in [5.74, 6) is 0.246.